The number of carboxylic acid groups (broad SMARTS) is 1. The molecule has 0 aliphatic rings. The molecule has 0 saturated carbocycles. The number of nitrogens with one attached hydrogen (secondary N) is 4. The van der Waals surface area contributed by atoms with E-state index in [0.29, 0.717) is 25.8 Å². The second-order valence-electron chi connectivity index (χ2n) is 9.26. The molecule has 0 saturated heterocycles. The highest BCUT2D eigenvalue weighted by molar-refractivity contribution is 5.96. The molecule has 0 aliphatic carbocycles. The highest BCUT2D eigenvalue weighted by Gasteiger charge is 2.32. The van der Waals surface area contributed by atoms with Gasteiger partial charge in [0.15, 0.2) is 5.96 Å². The van der Waals surface area contributed by atoms with Gasteiger partial charge in [0, 0.05) is 12.5 Å². The normalized spacial score (nSPS) is 15.3. The van der Waals surface area contributed by atoms with E-state index in [1.54, 1.807) is 20.8 Å². The monoisotopic (exact) mass is 558 g/mol. The van der Waals surface area contributed by atoms with E-state index >= 15 is 0 Å². The lowest BCUT2D eigenvalue weighted by Crippen LogP contribution is -2.59. The third-order valence-corrected chi connectivity index (χ3v) is 5.93. The molecular weight excluding hydrogens is 516 g/mol. The summed E-state index contributed by atoms with van der Waals surface area (Å²) in [6.45, 7) is 5.87. The van der Waals surface area contributed by atoms with Crippen LogP contribution < -0.4 is 38.5 Å². The van der Waals surface area contributed by atoms with E-state index in [1.807, 2.05) is 0 Å². The average molecular weight is 559 g/mol. The van der Waals surface area contributed by atoms with Crippen molar-refractivity contribution in [1.82, 2.24) is 21.3 Å². The number of nitrogens with two attached hydrogens (primary N) is 3. The van der Waals surface area contributed by atoms with Gasteiger partial charge in [0.1, 0.15) is 24.2 Å². The maximum absolute atomic E-state index is 12.7. The van der Waals surface area contributed by atoms with Gasteiger partial charge in [-0.25, -0.2) is 0 Å². The maximum atomic E-state index is 12.7. The predicted molar refractivity (Wildman–Crippen MR) is 140 cm³/mol. The van der Waals surface area contributed by atoms with Crippen LogP contribution in [0.1, 0.15) is 53.4 Å². The maximum Gasteiger partial charge on any atom is 0.305 e. The lowest BCUT2D eigenvalue weighted by atomic mass is 9.98. The molecule has 0 heterocycles. The van der Waals surface area contributed by atoms with Crippen LogP contribution in [0.15, 0.2) is 4.99 Å². The molecule has 0 rings (SSSR count). The summed E-state index contributed by atoms with van der Waals surface area (Å²) in [5.74, 6) is -6.43. The Bertz CT molecular complexity index is 909. The number of aliphatic carboxylic acids is 1. The summed E-state index contributed by atoms with van der Waals surface area (Å²) in [7, 11) is 0. The van der Waals surface area contributed by atoms with Crippen molar-refractivity contribution in [3.8, 4) is 0 Å². The molecule has 0 aromatic carbocycles. The third kappa shape index (κ3) is 13.4. The van der Waals surface area contributed by atoms with Crippen LogP contribution >= 0.6 is 0 Å². The number of carboxylic acids is 1. The smallest absolute Gasteiger partial charge is 0.305 e. The Morgan fingerprint density at radius 1 is 0.821 bits per heavy atom. The third-order valence-electron chi connectivity index (χ3n) is 5.93. The molecule has 0 aromatic rings. The Hall–Kier alpha value is -3.95. The number of primary amides is 1. The van der Waals surface area contributed by atoms with Crippen LogP contribution in [-0.2, 0) is 28.8 Å². The first-order chi connectivity index (χ1) is 18.1. The first-order valence-corrected chi connectivity index (χ1v) is 12.5. The van der Waals surface area contributed by atoms with Crippen molar-refractivity contribution >= 4 is 41.5 Å². The number of amides is 5. The SMILES string of the molecule is CC[C@H](C)[C@H](NC(=O)[C@H](CC(=O)O)NC(=O)[C@H](C)NC(=O)[C@H](CO)NC(=O)[C@@H](C)CCCN=C(N)N)C(N)=O. The number of aliphatic hydroxyl groups is 1. The number of nitrogens with zero attached hydrogens (tertiary/aromatic N) is 1. The summed E-state index contributed by atoms with van der Waals surface area (Å²) in [4.78, 5) is 77.1. The van der Waals surface area contributed by atoms with Crippen LogP contribution in [0.2, 0.25) is 0 Å². The zero-order valence-corrected chi connectivity index (χ0v) is 22.7. The van der Waals surface area contributed by atoms with E-state index in [9.17, 15) is 39.0 Å². The summed E-state index contributed by atoms with van der Waals surface area (Å²) in [5.41, 5.74) is 15.8. The van der Waals surface area contributed by atoms with E-state index in [2.05, 4.69) is 26.3 Å². The summed E-state index contributed by atoms with van der Waals surface area (Å²) in [6.07, 6.45) is 0.594. The van der Waals surface area contributed by atoms with E-state index < -0.39 is 78.6 Å². The van der Waals surface area contributed by atoms with Crippen molar-refractivity contribution in [2.75, 3.05) is 13.2 Å². The van der Waals surface area contributed by atoms with E-state index in [1.165, 1.54) is 6.92 Å². The Morgan fingerprint density at radius 3 is 1.87 bits per heavy atom. The minimum Gasteiger partial charge on any atom is -0.481 e. The van der Waals surface area contributed by atoms with Gasteiger partial charge in [-0.3, -0.25) is 33.8 Å². The van der Waals surface area contributed by atoms with Gasteiger partial charge in [-0.05, 0) is 25.7 Å². The quantitative estimate of drug-likeness (QED) is 0.0457. The van der Waals surface area contributed by atoms with Crippen LogP contribution in [0, 0.1) is 11.8 Å². The second kappa shape index (κ2) is 17.5. The fraction of sp³-hybridized carbons (Fsp3) is 0.696. The largest absolute Gasteiger partial charge is 0.481 e. The Labute approximate surface area is 226 Å². The highest BCUT2D eigenvalue weighted by atomic mass is 16.4. The van der Waals surface area contributed by atoms with Crippen molar-refractivity contribution in [2.24, 2.45) is 34.0 Å². The molecule has 0 fully saturated rings. The van der Waals surface area contributed by atoms with Gasteiger partial charge < -0.3 is 48.7 Å². The molecule has 0 radical (unpaired) electrons. The van der Waals surface area contributed by atoms with E-state index in [-0.39, 0.29) is 11.9 Å². The molecule has 39 heavy (non-hydrogen) atoms. The Kier molecular flexibility index (Phi) is 15.8. The summed E-state index contributed by atoms with van der Waals surface area (Å²) in [6, 6.07) is -5.33. The molecular formula is C23H42N8O8. The van der Waals surface area contributed by atoms with Crippen LogP contribution in [0.25, 0.3) is 0 Å². The molecule has 0 spiro atoms. The van der Waals surface area contributed by atoms with E-state index in [0.717, 1.165) is 0 Å². The summed E-state index contributed by atoms with van der Waals surface area (Å²) in [5, 5.41) is 28.0. The van der Waals surface area contributed by atoms with Crippen molar-refractivity contribution < 1.29 is 39.0 Å². The van der Waals surface area contributed by atoms with Crippen molar-refractivity contribution in [3.05, 3.63) is 0 Å². The number of guanidine groups is 1. The van der Waals surface area contributed by atoms with Crippen LogP contribution in [0.3, 0.4) is 0 Å². The molecule has 0 bridgehead atoms. The molecule has 0 unspecified atom stereocenters. The van der Waals surface area contributed by atoms with Crippen molar-refractivity contribution in [1.29, 1.82) is 0 Å². The second-order valence-corrected chi connectivity index (χ2v) is 9.26. The zero-order valence-electron chi connectivity index (χ0n) is 22.7. The lowest BCUT2D eigenvalue weighted by molar-refractivity contribution is -0.141. The Morgan fingerprint density at radius 2 is 1.38 bits per heavy atom. The molecule has 222 valence electrons. The van der Waals surface area contributed by atoms with Crippen LogP contribution in [0.4, 0.5) is 0 Å². The first kappa shape index (κ1) is 35.0. The topological polar surface area (TPSA) is 281 Å². The minimum atomic E-state index is -1.58. The number of aliphatic imine (C=N–C) groups is 1. The fourth-order valence-corrected chi connectivity index (χ4v) is 3.29. The van der Waals surface area contributed by atoms with Gasteiger partial charge >= 0.3 is 5.97 Å². The number of carbonyl (C=O) groups is 6. The number of hydrogen-bond acceptors (Lipinski definition) is 8. The number of hydrogen-bond donors (Lipinski definition) is 9. The van der Waals surface area contributed by atoms with Gasteiger partial charge in [-0.2, -0.15) is 0 Å². The lowest BCUT2D eigenvalue weighted by Gasteiger charge is -2.25. The predicted octanol–water partition coefficient (Wildman–Crippen LogP) is -3.37. The molecule has 0 aliphatic heterocycles. The van der Waals surface area contributed by atoms with Gasteiger partial charge in [0.2, 0.25) is 29.5 Å². The fourth-order valence-electron chi connectivity index (χ4n) is 3.29. The molecule has 16 nitrogen and oxygen atoms in total. The van der Waals surface area contributed by atoms with E-state index in [4.69, 9.17) is 17.2 Å². The van der Waals surface area contributed by atoms with Gasteiger partial charge in [0.25, 0.3) is 0 Å². The van der Waals surface area contributed by atoms with Gasteiger partial charge in [0.05, 0.1) is 13.0 Å². The van der Waals surface area contributed by atoms with Crippen molar-refractivity contribution in [3.63, 3.8) is 0 Å². The van der Waals surface area contributed by atoms with Crippen molar-refractivity contribution in [2.45, 2.75) is 77.5 Å². The summed E-state index contributed by atoms with van der Waals surface area (Å²) >= 11 is 0. The zero-order chi connectivity index (χ0) is 30.3. The molecule has 0 aromatic heterocycles. The molecule has 5 amide bonds. The van der Waals surface area contributed by atoms with Gasteiger partial charge in [-0.15, -0.1) is 0 Å². The molecule has 12 N–H and O–H groups in total. The molecule has 6 atom stereocenters. The number of aliphatic hydroxyl groups excluding tert-OH is 1. The number of rotatable bonds is 18. The van der Waals surface area contributed by atoms with Crippen LogP contribution in [-0.4, -0.2) is 89.0 Å². The first-order valence-electron chi connectivity index (χ1n) is 12.5. The summed E-state index contributed by atoms with van der Waals surface area (Å²) < 4.78 is 0. The average Bonchev–Trinajstić information content (AvgIpc) is 2.85. The number of carbonyl (C=O) groups excluding carboxylic acids is 5. The Balaban J connectivity index is 5.18. The van der Waals surface area contributed by atoms with Gasteiger partial charge in [-0.1, -0.05) is 27.2 Å². The van der Waals surface area contributed by atoms with Crippen LogP contribution in [0.5, 0.6) is 0 Å². The minimum absolute atomic E-state index is 0.0712. The molecule has 16 heteroatoms. The standard InChI is InChI=1S/C23H42N8O8/c1-5-11(2)17(18(24)35)31-21(38)14(9-16(33)34)29-20(37)13(4)28-22(39)15(10-32)30-19(36)12(3)7-6-8-27-23(25)26/h11-15,17,32H,5-10H2,1-4H3,(H2,24,35)(H,28,39)(H,29,37)(H,30,36)(H,31,38)(H,33,34)(H4,25,26,27)/t11-,12-,13-,14-,15-,17-/m0/s1. The highest BCUT2D eigenvalue weighted by Crippen LogP contribution is 2.09.